The summed E-state index contributed by atoms with van der Waals surface area (Å²) in [4.78, 5) is 15.9. The van der Waals surface area contributed by atoms with E-state index in [4.69, 9.17) is 9.72 Å². The number of rotatable bonds is 12. The van der Waals surface area contributed by atoms with E-state index in [1.54, 1.807) is 12.4 Å². The molecule has 0 atom stereocenters. The second-order valence-electron chi connectivity index (χ2n) is 8.27. The van der Waals surface area contributed by atoms with Crippen molar-refractivity contribution in [1.82, 2.24) is 15.0 Å². The van der Waals surface area contributed by atoms with E-state index >= 15 is 0 Å². The quantitative estimate of drug-likeness (QED) is 0.212. The Bertz CT molecular complexity index is 1240. The van der Waals surface area contributed by atoms with Gasteiger partial charge in [-0.2, -0.15) is 15.1 Å². The highest BCUT2D eigenvalue weighted by Gasteiger charge is 2.11. The molecular weight excluding hydrogens is 436 g/mol. The highest BCUT2D eigenvalue weighted by molar-refractivity contribution is 5.86. The van der Waals surface area contributed by atoms with Crippen molar-refractivity contribution in [1.29, 1.82) is 0 Å². The van der Waals surface area contributed by atoms with Gasteiger partial charge in [-0.15, -0.1) is 0 Å². The number of aromatic nitrogens is 3. The first-order valence-electron chi connectivity index (χ1n) is 12.2. The monoisotopic (exact) mass is 468 g/mol. The third-order valence-corrected chi connectivity index (χ3v) is 5.48. The molecule has 0 radical (unpaired) electrons. The molecule has 0 aliphatic carbocycles. The van der Waals surface area contributed by atoms with E-state index in [0.29, 0.717) is 24.7 Å². The summed E-state index contributed by atoms with van der Waals surface area (Å²) < 4.78 is 5.94. The first-order chi connectivity index (χ1) is 17.2. The molecule has 0 aliphatic rings. The third-order valence-electron chi connectivity index (χ3n) is 5.48. The highest BCUT2D eigenvalue weighted by Crippen LogP contribution is 2.20. The van der Waals surface area contributed by atoms with E-state index in [2.05, 4.69) is 63.5 Å². The molecule has 4 aromatic rings. The molecule has 180 valence electrons. The number of benzene rings is 2. The molecular formula is C28H32N6O. The Balaban J connectivity index is 1.51. The number of hydrogen-bond acceptors (Lipinski definition) is 7. The van der Waals surface area contributed by atoms with Gasteiger partial charge in [-0.1, -0.05) is 50.2 Å². The van der Waals surface area contributed by atoms with Crippen molar-refractivity contribution >= 4 is 28.5 Å². The van der Waals surface area contributed by atoms with Crippen LogP contribution in [0.1, 0.15) is 38.1 Å². The maximum Gasteiger partial charge on any atom is 0.318 e. The van der Waals surface area contributed by atoms with Crippen molar-refractivity contribution in [2.75, 3.05) is 30.0 Å². The zero-order chi connectivity index (χ0) is 24.3. The molecule has 7 nitrogen and oxygen atoms in total. The fraction of sp³-hybridized carbons (Fsp3) is 0.286. The van der Waals surface area contributed by atoms with Crippen LogP contribution in [0.15, 0.2) is 78.0 Å². The minimum atomic E-state index is 0.350. The van der Waals surface area contributed by atoms with Crippen LogP contribution in [0.5, 0.6) is 6.01 Å². The van der Waals surface area contributed by atoms with Crippen molar-refractivity contribution in [3.63, 3.8) is 0 Å². The molecule has 0 saturated heterocycles. The maximum atomic E-state index is 5.94. The van der Waals surface area contributed by atoms with Gasteiger partial charge >= 0.3 is 6.01 Å². The minimum absolute atomic E-state index is 0.350. The van der Waals surface area contributed by atoms with Gasteiger partial charge in [0, 0.05) is 37.5 Å². The molecule has 0 amide bonds. The average Bonchev–Trinajstić information content (AvgIpc) is 2.89. The summed E-state index contributed by atoms with van der Waals surface area (Å²) in [6.45, 7) is 6.64. The van der Waals surface area contributed by atoms with Gasteiger partial charge in [0.05, 0.1) is 24.2 Å². The zero-order valence-electron chi connectivity index (χ0n) is 20.4. The van der Waals surface area contributed by atoms with E-state index in [1.807, 2.05) is 42.5 Å². The number of ether oxygens (including phenoxy) is 1. The molecule has 2 heterocycles. The van der Waals surface area contributed by atoms with E-state index in [0.717, 1.165) is 48.5 Å². The van der Waals surface area contributed by atoms with Gasteiger partial charge in [-0.3, -0.25) is 10.4 Å². The van der Waals surface area contributed by atoms with Crippen LogP contribution in [-0.2, 0) is 6.42 Å². The normalized spacial score (nSPS) is 11.1. The highest BCUT2D eigenvalue weighted by atomic mass is 16.5. The van der Waals surface area contributed by atoms with Gasteiger partial charge in [0.25, 0.3) is 0 Å². The van der Waals surface area contributed by atoms with Crippen molar-refractivity contribution in [2.24, 2.45) is 5.10 Å². The van der Waals surface area contributed by atoms with E-state index in [-0.39, 0.29) is 0 Å². The standard InChI is InChI=1S/C28H32N6O/c1-3-16-34(17-4-2)27-20-26(31-28(32-27)35-18-14-24-11-7-8-15-29-24)21-30-33-25-13-12-22-9-5-6-10-23(22)19-25/h5-13,15,19-21,33H,3-4,14,16-18H2,1-2H3/b30-21+. The minimum Gasteiger partial charge on any atom is -0.463 e. The molecule has 35 heavy (non-hydrogen) atoms. The average molecular weight is 469 g/mol. The third kappa shape index (κ3) is 6.99. The largest absolute Gasteiger partial charge is 0.463 e. The van der Waals surface area contributed by atoms with E-state index < -0.39 is 0 Å². The fourth-order valence-electron chi connectivity index (χ4n) is 3.83. The lowest BCUT2D eigenvalue weighted by molar-refractivity contribution is 0.295. The number of hydrogen-bond donors (Lipinski definition) is 1. The van der Waals surface area contributed by atoms with Gasteiger partial charge in [-0.25, -0.2) is 0 Å². The van der Waals surface area contributed by atoms with Crippen LogP contribution >= 0.6 is 0 Å². The van der Waals surface area contributed by atoms with E-state index in [9.17, 15) is 0 Å². The van der Waals surface area contributed by atoms with Crippen molar-refractivity contribution < 1.29 is 4.74 Å². The van der Waals surface area contributed by atoms with Crippen LogP contribution in [0, 0.1) is 0 Å². The van der Waals surface area contributed by atoms with Crippen LogP contribution in [0.2, 0.25) is 0 Å². The molecule has 0 bridgehead atoms. The van der Waals surface area contributed by atoms with Gasteiger partial charge in [-0.05, 0) is 47.9 Å². The van der Waals surface area contributed by atoms with Crippen LogP contribution in [0.4, 0.5) is 11.5 Å². The summed E-state index contributed by atoms with van der Waals surface area (Å²) >= 11 is 0. The van der Waals surface area contributed by atoms with Crippen molar-refractivity contribution in [3.8, 4) is 6.01 Å². The summed E-state index contributed by atoms with van der Waals surface area (Å²) in [5, 5.41) is 6.79. The Morgan fingerprint density at radius 1 is 0.914 bits per heavy atom. The Hall–Kier alpha value is -4.00. The summed E-state index contributed by atoms with van der Waals surface area (Å²) in [5.41, 5.74) is 5.69. The van der Waals surface area contributed by atoms with Crippen molar-refractivity contribution in [2.45, 2.75) is 33.1 Å². The summed E-state index contributed by atoms with van der Waals surface area (Å²) in [6, 6.07) is 22.6. The summed E-state index contributed by atoms with van der Waals surface area (Å²) in [7, 11) is 0. The molecule has 0 fully saturated rings. The molecule has 2 aromatic carbocycles. The van der Waals surface area contributed by atoms with Crippen molar-refractivity contribution in [3.05, 3.63) is 84.3 Å². The SMILES string of the molecule is CCCN(CCC)c1cc(/C=N/Nc2ccc3ccccc3c2)nc(OCCc2ccccn2)n1. The molecule has 7 heteroatoms. The Labute approximate surface area is 206 Å². The predicted molar refractivity (Wildman–Crippen MR) is 143 cm³/mol. The number of pyridine rings is 1. The lowest BCUT2D eigenvalue weighted by Crippen LogP contribution is -2.26. The molecule has 1 N–H and O–H groups in total. The molecule has 2 aromatic heterocycles. The molecule has 0 spiro atoms. The predicted octanol–water partition coefficient (Wildman–Crippen LogP) is 5.72. The Morgan fingerprint density at radius 3 is 2.49 bits per heavy atom. The molecule has 4 rings (SSSR count). The number of fused-ring (bicyclic) bond motifs is 1. The number of nitrogens with one attached hydrogen (secondary N) is 1. The topological polar surface area (TPSA) is 75.5 Å². The maximum absolute atomic E-state index is 5.94. The zero-order valence-corrected chi connectivity index (χ0v) is 20.4. The first-order valence-corrected chi connectivity index (χ1v) is 12.2. The van der Waals surface area contributed by atoms with Gasteiger partial charge in [0.15, 0.2) is 0 Å². The smallest absolute Gasteiger partial charge is 0.318 e. The second kappa shape index (κ2) is 12.5. The lowest BCUT2D eigenvalue weighted by atomic mass is 10.1. The first kappa shape index (κ1) is 24.1. The summed E-state index contributed by atoms with van der Waals surface area (Å²) in [5.74, 6) is 0.851. The lowest BCUT2D eigenvalue weighted by Gasteiger charge is -2.23. The van der Waals surface area contributed by atoms with E-state index in [1.165, 1.54) is 5.39 Å². The van der Waals surface area contributed by atoms with Gasteiger partial charge < -0.3 is 9.64 Å². The van der Waals surface area contributed by atoms with Crippen LogP contribution in [0.3, 0.4) is 0 Å². The molecule has 0 unspecified atom stereocenters. The fourth-order valence-corrected chi connectivity index (χ4v) is 3.83. The molecule has 0 aliphatic heterocycles. The molecule has 0 saturated carbocycles. The van der Waals surface area contributed by atoms with Gasteiger partial charge in [0.2, 0.25) is 0 Å². The number of hydrazone groups is 1. The van der Waals surface area contributed by atoms with Crippen LogP contribution < -0.4 is 15.1 Å². The Kier molecular flexibility index (Phi) is 8.59. The number of anilines is 2. The second-order valence-corrected chi connectivity index (χ2v) is 8.27. The Morgan fingerprint density at radius 2 is 1.71 bits per heavy atom. The van der Waals surface area contributed by atoms with Crippen LogP contribution in [0.25, 0.3) is 10.8 Å². The summed E-state index contributed by atoms with van der Waals surface area (Å²) in [6.07, 6.45) is 6.26. The van der Waals surface area contributed by atoms with Gasteiger partial charge in [0.1, 0.15) is 5.82 Å². The van der Waals surface area contributed by atoms with Crippen LogP contribution in [-0.4, -0.2) is 40.9 Å². The number of nitrogens with zero attached hydrogens (tertiary/aromatic N) is 5.